The first-order chi connectivity index (χ1) is 9.23. The number of aromatic nitrogens is 1. The van der Waals surface area contributed by atoms with Crippen LogP contribution < -0.4 is 40.0 Å². The topological polar surface area (TPSA) is 113 Å². The SMILES string of the molecule is CON=C(C(=O)[O-])c1csc(NC(=O)OC(C)(C)C)n1.[Na+]. The van der Waals surface area contributed by atoms with Crippen LogP contribution >= 0.6 is 11.3 Å². The number of ether oxygens (including phenoxy) is 1. The number of amides is 1. The van der Waals surface area contributed by atoms with Crippen molar-refractivity contribution in [2.45, 2.75) is 26.4 Å². The summed E-state index contributed by atoms with van der Waals surface area (Å²) in [4.78, 5) is 30.6. The van der Waals surface area contributed by atoms with E-state index in [0.29, 0.717) is 0 Å². The van der Waals surface area contributed by atoms with Crippen LogP contribution in [0.4, 0.5) is 9.93 Å². The summed E-state index contributed by atoms with van der Waals surface area (Å²) in [6.45, 7) is 5.16. The summed E-state index contributed by atoms with van der Waals surface area (Å²) >= 11 is 1.02. The van der Waals surface area contributed by atoms with E-state index in [2.05, 4.69) is 20.3 Å². The van der Waals surface area contributed by atoms with Gasteiger partial charge in [-0.2, -0.15) is 0 Å². The molecule has 110 valence electrons. The number of carboxylic acid groups (broad SMARTS) is 1. The van der Waals surface area contributed by atoms with Gasteiger partial charge < -0.3 is 19.5 Å². The Bertz CT molecular complexity index is 538. The minimum Gasteiger partial charge on any atom is -0.543 e. The first kappa shape index (κ1) is 19.8. The molecule has 0 bridgehead atoms. The molecule has 0 fully saturated rings. The number of aliphatic carboxylic acids is 1. The predicted molar refractivity (Wildman–Crippen MR) is 70.5 cm³/mol. The largest absolute Gasteiger partial charge is 1.00 e. The molecule has 0 aliphatic rings. The zero-order valence-electron chi connectivity index (χ0n) is 12.4. The molecule has 1 amide bonds. The van der Waals surface area contributed by atoms with Crippen molar-refractivity contribution in [3.63, 3.8) is 0 Å². The molecule has 0 unspecified atom stereocenters. The molecule has 0 saturated carbocycles. The van der Waals surface area contributed by atoms with Crippen LogP contribution in [0.3, 0.4) is 0 Å². The van der Waals surface area contributed by atoms with Crippen LogP contribution in [0.5, 0.6) is 0 Å². The number of rotatable bonds is 4. The van der Waals surface area contributed by atoms with Crippen molar-refractivity contribution in [1.82, 2.24) is 4.98 Å². The second-order valence-electron chi connectivity index (χ2n) is 4.57. The Morgan fingerprint density at radius 2 is 2.05 bits per heavy atom. The standard InChI is InChI=1S/C11H15N3O5S.Na/c1-11(2,3)19-10(17)13-9-12-6(5-20-9)7(8(15)16)14-18-4;/h5H,1-4H3,(H,15,16)(H,12,13,17);/q;+1/p-1. The van der Waals surface area contributed by atoms with Gasteiger partial charge in [-0.25, -0.2) is 9.78 Å². The number of oxime groups is 1. The van der Waals surface area contributed by atoms with E-state index in [0.717, 1.165) is 11.3 Å². The monoisotopic (exact) mass is 323 g/mol. The van der Waals surface area contributed by atoms with E-state index in [9.17, 15) is 14.7 Å². The maximum atomic E-state index is 11.5. The van der Waals surface area contributed by atoms with Crippen molar-refractivity contribution < 1.29 is 53.8 Å². The summed E-state index contributed by atoms with van der Waals surface area (Å²) in [7, 11) is 1.20. The molecule has 1 heterocycles. The summed E-state index contributed by atoms with van der Waals surface area (Å²) in [6, 6.07) is 0. The number of carbonyl (C=O) groups excluding carboxylic acids is 2. The summed E-state index contributed by atoms with van der Waals surface area (Å²) in [5.41, 5.74) is -1.07. The number of hydrogen-bond donors (Lipinski definition) is 1. The molecule has 0 radical (unpaired) electrons. The van der Waals surface area contributed by atoms with E-state index < -0.39 is 23.4 Å². The van der Waals surface area contributed by atoms with Gasteiger partial charge in [0.1, 0.15) is 18.4 Å². The molecular weight excluding hydrogens is 309 g/mol. The Kier molecular flexibility index (Phi) is 7.86. The third kappa shape index (κ3) is 6.89. The second kappa shape index (κ2) is 8.32. The van der Waals surface area contributed by atoms with E-state index in [1.165, 1.54) is 12.5 Å². The van der Waals surface area contributed by atoms with Gasteiger partial charge in [0.15, 0.2) is 10.8 Å². The molecule has 0 aliphatic heterocycles. The van der Waals surface area contributed by atoms with Crippen LogP contribution in [-0.4, -0.2) is 35.5 Å². The average Bonchev–Trinajstić information content (AvgIpc) is 2.70. The smallest absolute Gasteiger partial charge is 0.543 e. The van der Waals surface area contributed by atoms with E-state index in [1.807, 2.05) is 0 Å². The van der Waals surface area contributed by atoms with Crippen molar-refractivity contribution in [3.05, 3.63) is 11.1 Å². The number of anilines is 1. The fourth-order valence-corrected chi connectivity index (χ4v) is 1.79. The van der Waals surface area contributed by atoms with Gasteiger partial charge in [0.25, 0.3) is 0 Å². The minimum absolute atomic E-state index is 0. The van der Waals surface area contributed by atoms with Crippen LogP contribution in [0.25, 0.3) is 0 Å². The first-order valence-corrected chi connectivity index (χ1v) is 6.39. The molecule has 1 aromatic rings. The fourth-order valence-electron chi connectivity index (χ4n) is 1.11. The van der Waals surface area contributed by atoms with E-state index in [4.69, 9.17) is 4.74 Å². The molecule has 1 N–H and O–H groups in total. The molecule has 8 nitrogen and oxygen atoms in total. The Morgan fingerprint density at radius 3 is 2.52 bits per heavy atom. The van der Waals surface area contributed by atoms with Gasteiger partial charge in [-0.15, -0.1) is 11.3 Å². The summed E-state index contributed by atoms with van der Waals surface area (Å²) < 4.78 is 5.04. The Morgan fingerprint density at radius 1 is 1.43 bits per heavy atom. The maximum Gasteiger partial charge on any atom is 1.00 e. The summed E-state index contributed by atoms with van der Waals surface area (Å²) in [5, 5.41) is 18.1. The van der Waals surface area contributed by atoms with Gasteiger partial charge in [0.2, 0.25) is 0 Å². The van der Waals surface area contributed by atoms with Crippen molar-refractivity contribution in [2.24, 2.45) is 5.16 Å². The van der Waals surface area contributed by atoms with Crippen molar-refractivity contribution >= 4 is 34.2 Å². The zero-order valence-corrected chi connectivity index (χ0v) is 15.2. The van der Waals surface area contributed by atoms with Crippen molar-refractivity contribution in [2.75, 3.05) is 12.4 Å². The fraction of sp³-hybridized carbons (Fsp3) is 0.455. The predicted octanol–water partition coefficient (Wildman–Crippen LogP) is -2.41. The van der Waals surface area contributed by atoms with E-state index in [-0.39, 0.29) is 40.4 Å². The van der Waals surface area contributed by atoms with Gasteiger partial charge >= 0.3 is 35.7 Å². The van der Waals surface area contributed by atoms with Gasteiger partial charge in [-0.05, 0) is 20.8 Å². The third-order valence-electron chi connectivity index (χ3n) is 1.73. The summed E-state index contributed by atoms with van der Waals surface area (Å²) in [6.07, 6.45) is -0.683. The number of thiazole rings is 1. The average molecular weight is 323 g/mol. The molecule has 21 heavy (non-hydrogen) atoms. The zero-order chi connectivity index (χ0) is 15.3. The van der Waals surface area contributed by atoms with Gasteiger partial charge in [-0.3, -0.25) is 5.32 Å². The Labute approximate surface area is 147 Å². The van der Waals surface area contributed by atoms with Crippen LogP contribution in [0, 0.1) is 0 Å². The first-order valence-electron chi connectivity index (χ1n) is 5.51. The van der Waals surface area contributed by atoms with Crippen molar-refractivity contribution in [3.8, 4) is 0 Å². The van der Waals surface area contributed by atoms with Gasteiger partial charge in [0, 0.05) is 5.38 Å². The van der Waals surface area contributed by atoms with Gasteiger partial charge in [0.05, 0.1) is 5.97 Å². The molecule has 1 aromatic heterocycles. The number of nitrogens with zero attached hydrogens (tertiary/aromatic N) is 2. The minimum atomic E-state index is -1.53. The molecule has 0 aromatic carbocycles. The van der Waals surface area contributed by atoms with E-state index in [1.54, 1.807) is 20.8 Å². The normalized spacial score (nSPS) is 11.3. The summed E-state index contributed by atoms with van der Waals surface area (Å²) in [5.74, 6) is -1.53. The van der Waals surface area contributed by atoms with Crippen LogP contribution in [0.15, 0.2) is 10.5 Å². The second-order valence-corrected chi connectivity index (χ2v) is 5.43. The molecule has 10 heteroatoms. The third-order valence-corrected chi connectivity index (χ3v) is 2.49. The molecule has 0 aliphatic carbocycles. The molecule has 1 rings (SSSR count). The quantitative estimate of drug-likeness (QED) is 0.375. The Hall–Kier alpha value is -1.16. The van der Waals surface area contributed by atoms with Crippen LogP contribution in [0.1, 0.15) is 26.5 Å². The molecule has 0 atom stereocenters. The number of carboxylic acids is 1. The van der Waals surface area contributed by atoms with Crippen LogP contribution in [-0.2, 0) is 14.4 Å². The van der Waals surface area contributed by atoms with Crippen LogP contribution in [0.2, 0.25) is 0 Å². The maximum absolute atomic E-state index is 11.5. The Balaban J connectivity index is 0.00000400. The number of hydrogen-bond acceptors (Lipinski definition) is 8. The number of carbonyl (C=O) groups is 2. The van der Waals surface area contributed by atoms with Gasteiger partial charge in [-0.1, -0.05) is 5.16 Å². The van der Waals surface area contributed by atoms with Crippen molar-refractivity contribution in [1.29, 1.82) is 0 Å². The molecule has 0 spiro atoms. The molecular formula is C11H14N3NaO5S. The number of nitrogens with one attached hydrogen (secondary N) is 1. The van der Waals surface area contributed by atoms with E-state index >= 15 is 0 Å². The molecule has 0 saturated heterocycles.